The van der Waals surface area contributed by atoms with Gasteiger partial charge in [-0.15, -0.1) is 26.2 Å². The van der Waals surface area contributed by atoms with Gasteiger partial charge in [0.25, 0.3) is 0 Å². The van der Waals surface area contributed by atoms with Crippen molar-refractivity contribution in [2.45, 2.75) is 74.7 Å². The molecule has 0 spiro atoms. The average Bonchev–Trinajstić information content (AvgIpc) is 3.74. The van der Waals surface area contributed by atoms with Crippen molar-refractivity contribution in [2.24, 2.45) is 4.99 Å². The van der Waals surface area contributed by atoms with Crippen LogP contribution in [0.4, 0.5) is 0 Å². The van der Waals surface area contributed by atoms with Gasteiger partial charge >= 0.3 is 118 Å². The molecule has 26 nitrogen and oxygen atoms in total. The molecule has 494 valence electrons. The number of alkyl halides is 1. The van der Waals surface area contributed by atoms with Crippen molar-refractivity contribution < 1.29 is 107 Å². The van der Waals surface area contributed by atoms with Gasteiger partial charge in [0.15, 0.2) is 0 Å². The molecule has 0 aliphatic carbocycles. The molecule has 0 aromatic heterocycles. The van der Waals surface area contributed by atoms with Crippen molar-refractivity contribution in [1.82, 2.24) is 36.4 Å². The Labute approximate surface area is 555 Å². The zero-order valence-corrected chi connectivity index (χ0v) is 56.9. The standard InChI is InChI=1S/C14H30N4O3P.C9H16N2.C8H20N4.C8H17N4.C6H14BrO3P.6CO.2CH4.3Cr/c1-3-20-22(19,21-4-2)14-13-18-11-9-16-7-5-15-6-8-17-10-12-18;1-2-5-9-10-6-4-8-11(9)7-3-1;2*1-2-10-5-6-12-8-7-11-4-3-9-1;1-3-9-11(8,6-5-7)10-4-2;6*1-2;;;;;/h3-14H2,1-2H3;1-8H2;9-12H,1-8H2;9H,1-8H2;3-6H2,1-2H3;;;;;;;2*1H4;;;/q-3;;;-3;;;;;;;;;;;2*+3. The number of aliphatic imine (C=N–C) groups is 1. The van der Waals surface area contributed by atoms with Gasteiger partial charge in [-0.25, -0.2) is 0 Å². The van der Waals surface area contributed by atoms with Crippen LogP contribution in [-0.4, -0.2) is 243 Å². The van der Waals surface area contributed by atoms with Gasteiger partial charge in [0.1, 0.15) is 0 Å². The minimum absolute atomic E-state index is 0. The molecular formula is C53H105BrCr3N14O12P2. The van der Waals surface area contributed by atoms with Gasteiger partial charge in [-0.1, -0.05) is 37.2 Å². The molecule has 0 saturated carbocycles. The second-order valence-electron chi connectivity index (χ2n) is 16.1. The molecular weight excluding hydrogens is 1320 g/mol. The zero-order chi connectivity index (χ0) is 61.3. The van der Waals surface area contributed by atoms with E-state index in [2.05, 4.69) is 129 Å². The molecule has 4 fully saturated rings. The number of nitrogens with zero attached hydrogens (tertiary/aromatic N) is 9. The van der Waals surface area contributed by atoms with Crippen LogP contribution in [0.25, 0.3) is 31.9 Å². The van der Waals surface area contributed by atoms with Crippen molar-refractivity contribution in [1.29, 1.82) is 0 Å². The molecule has 0 amide bonds. The summed E-state index contributed by atoms with van der Waals surface area (Å²) in [6, 6.07) is 0. The van der Waals surface area contributed by atoms with E-state index in [1.54, 1.807) is 13.8 Å². The predicted molar refractivity (Wildman–Crippen MR) is 329 cm³/mol. The fraction of sp³-hybridized carbons (Fsp3) is 0.868. The third-order valence-electron chi connectivity index (χ3n) is 10.5. The van der Waals surface area contributed by atoms with E-state index in [1.165, 1.54) is 51.0 Å². The van der Waals surface area contributed by atoms with E-state index in [0.717, 1.165) is 164 Å². The molecule has 5 aliphatic heterocycles. The summed E-state index contributed by atoms with van der Waals surface area (Å²) >= 11 is 3.19. The summed E-state index contributed by atoms with van der Waals surface area (Å²) in [6.45, 7) is 62.5. The Morgan fingerprint density at radius 2 is 0.765 bits per heavy atom. The van der Waals surface area contributed by atoms with Crippen molar-refractivity contribution >= 4 is 37.0 Å². The SMILES string of the molecule is C.C.C1CCC2=NCCCN2CC1.C1CNCCNCCNCCN1.C1C[N-]CCNCC[N-]CC[N-]1.CCOP(=O)(CCBr)OCC.CCOP(=O)(CCN1CC[N-]CC[N-]CC[N-]CC1)OCC.[C-]#[O+].[C-]#[O+].[C-]#[O+].[C-]#[O+].[C-]#[O+].[C-]#[O+].[Cr+3].[Cr+3].[Cr]. The maximum atomic E-state index is 12.5. The molecule has 0 atom stereocenters. The van der Waals surface area contributed by atoms with E-state index < -0.39 is 15.2 Å². The van der Waals surface area contributed by atoms with E-state index >= 15 is 0 Å². The number of hydrogen-bond acceptors (Lipinski definition) is 14. The quantitative estimate of drug-likeness (QED) is 0.0532. The van der Waals surface area contributed by atoms with Crippen LogP contribution < -0.4 is 26.6 Å². The van der Waals surface area contributed by atoms with Crippen molar-refractivity contribution in [2.75, 3.05) is 227 Å². The van der Waals surface area contributed by atoms with E-state index in [-0.39, 0.29) is 66.9 Å². The van der Waals surface area contributed by atoms with Gasteiger partial charge in [0.2, 0.25) is 0 Å². The van der Waals surface area contributed by atoms with Gasteiger partial charge in [-0.3, -0.25) is 14.1 Å². The molecule has 5 heterocycles. The molecule has 5 aliphatic rings. The van der Waals surface area contributed by atoms with E-state index in [4.69, 9.17) is 46.0 Å². The summed E-state index contributed by atoms with van der Waals surface area (Å²) in [5.74, 6) is 1.40. The average molecular weight is 1430 g/mol. The Morgan fingerprint density at radius 3 is 1.11 bits per heavy atom. The van der Waals surface area contributed by atoms with Gasteiger partial charge in [0.05, 0.1) is 44.6 Å². The van der Waals surface area contributed by atoms with E-state index in [1.807, 2.05) is 13.8 Å². The summed E-state index contributed by atoms with van der Waals surface area (Å²) in [5.41, 5.74) is 0. The van der Waals surface area contributed by atoms with Crippen LogP contribution in [0.2, 0.25) is 0 Å². The number of nitrogens with one attached hydrogen (secondary N) is 5. The van der Waals surface area contributed by atoms with Crippen molar-refractivity contribution in [3.63, 3.8) is 0 Å². The molecule has 5 N–H and O–H groups in total. The molecule has 0 aromatic rings. The van der Waals surface area contributed by atoms with Gasteiger partial charge in [0, 0.05) is 108 Å². The van der Waals surface area contributed by atoms with Crippen molar-refractivity contribution in [3.8, 4) is 0 Å². The minimum atomic E-state index is -2.96. The predicted octanol–water partition coefficient (Wildman–Crippen LogP) is 7.11. The number of rotatable bonds is 13. The largest absolute Gasteiger partial charge is 3.00 e. The molecule has 32 heteroatoms. The molecule has 5 rings (SSSR count). The smallest absolute Gasteiger partial charge is 0 e. The second kappa shape index (κ2) is 97.4. The number of hydrogen-bond donors (Lipinski definition) is 5. The topological polar surface area (TPSA) is 354 Å². The van der Waals surface area contributed by atoms with Crippen LogP contribution in [0.3, 0.4) is 0 Å². The number of amidine groups is 1. The molecule has 2 radical (unpaired) electrons. The molecule has 85 heavy (non-hydrogen) atoms. The molecule has 0 aromatic carbocycles. The third-order valence-corrected chi connectivity index (χ3v) is 15.7. The van der Waals surface area contributed by atoms with Crippen LogP contribution in [0, 0.1) is 39.9 Å². The zero-order valence-electron chi connectivity index (χ0n) is 49.7. The van der Waals surface area contributed by atoms with Crippen LogP contribution in [-0.2, 0) is 107 Å². The summed E-state index contributed by atoms with van der Waals surface area (Å²) in [6.07, 6.45) is 7.49. The maximum absolute atomic E-state index is 12.5. The third kappa shape index (κ3) is 81.8. The van der Waals surface area contributed by atoms with Crippen LogP contribution >= 0.6 is 31.1 Å². The van der Waals surface area contributed by atoms with Gasteiger partial charge in [-0.2, -0.15) is 52.4 Å². The fourth-order valence-electron chi connectivity index (χ4n) is 7.07. The first-order valence-corrected chi connectivity index (χ1v) is 31.8. The van der Waals surface area contributed by atoms with Crippen LogP contribution in [0.15, 0.2) is 4.99 Å². The number of halogens is 1. The normalized spacial score (nSPS) is 17.0. The Balaban J connectivity index is -0.0000000861. The van der Waals surface area contributed by atoms with E-state index in [0.29, 0.717) is 50.6 Å². The van der Waals surface area contributed by atoms with Gasteiger partial charge in [-0.05, 0) is 73.1 Å². The van der Waals surface area contributed by atoms with Gasteiger partial charge < -0.3 is 86.4 Å². The monoisotopic (exact) mass is 1430 g/mol. The van der Waals surface area contributed by atoms with Crippen LogP contribution in [0.1, 0.15) is 74.7 Å². The summed E-state index contributed by atoms with van der Waals surface area (Å²) in [7, 11) is -5.73. The first-order chi connectivity index (χ1) is 39.3. The summed E-state index contributed by atoms with van der Waals surface area (Å²) in [5, 5.41) is 43.6. The van der Waals surface area contributed by atoms with Crippen molar-refractivity contribution in [3.05, 3.63) is 71.8 Å². The first-order valence-electron chi connectivity index (χ1n) is 27.2. The molecule has 4 saturated heterocycles. The Kier molecular flexibility index (Phi) is 125. The summed E-state index contributed by atoms with van der Waals surface area (Å²) < 4.78 is 89.8. The van der Waals surface area contributed by atoms with Crippen LogP contribution in [0.5, 0.6) is 0 Å². The van der Waals surface area contributed by atoms with E-state index in [9.17, 15) is 9.13 Å². The molecule has 0 unspecified atom stereocenters. The molecule has 0 bridgehead atoms. The fourth-order valence-corrected chi connectivity index (χ4v) is 11.3. The Hall–Kier alpha value is -0.193. The Bertz CT molecular complexity index is 1330. The second-order valence-corrected chi connectivity index (χ2v) is 21.3. The maximum Gasteiger partial charge on any atom is 3.00 e. The minimum Gasteiger partial charge on any atom is 0 e. The number of fused-ring (bicyclic) bond motifs is 1. The summed E-state index contributed by atoms with van der Waals surface area (Å²) in [4.78, 5) is 9.28. The first kappa shape index (κ1) is 109. The Morgan fingerprint density at radius 1 is 0.459 bits per heavy atom.